The molecule has 0 saturated carbocycles. The first-order valence-electron chi connectivity index (χ1n) is 8.19. The molecule has 130 valence electrons. The van der Waals surface area contributed by atoms with Crippen molar-refractivity contribution in [3.63, 3.8) is 0 Å². The zero-order valence-electron chi connectivity index (χ0n) is 14.1. The molecule has 0 bridgehead atoms. The van der Waals surface area contributed by atoms with Crippen molar-refractivity contribution in [2.24, 2.45) is 5.41 Å². The van der Waals surface area contributed by atoms with Gasteiger partial charge >= 0.3 is 5.97 Å². The number of carbonyl (C=O) groups excluding carboxylic acids is 2. The summed E-state index contributed by atoms with van der Waals surface area (Å²) in [5, 5.41) is 11.6. The number of carboxylic acid groups (broad SMARTS) is 1. The summed E-state index contributed by atoms with van der Waals surface area (Å²) < 4.78 is 0. The average Bonchev–Trinajstić information content (AvgIpc) is 2.54. The van der Waals surface area contributed by atoms with Crippen molar-refractivity contribution in [2.75, 3.05) is 13.1 Å². The molecule has 2 atom stereocenters. The molecule has 24 heavy (non-hydrogen) atoms. The van der Waals surface area contributed by atoms with Crippen LogP contribution in [0.5, 0.6) is 0 Å². The summed E-state index contributed by atoms with van der Waals surface area (Å²) in [6, 6.07) is 8.58. The summed E-state index contributed by atoms with van der Waals surface area (Å²) in [4.78, 5) is 37.6. The second-order valence-electron chi connectivity index (χ2n) is 6.73. The van der Waals surface area contributed by atoms with Crippen molar-refractivity contribution in [1.29, 1.82) is 0 Å². The van der Waals surface area contributed by atoms with Crippen molar-refractivity contribution in [1.82, 2.24) is 10.2 Å². The van der Waals surface area contributed by atoms with Crippen LogP contribution in [-0.2, 0) is 9.59 Å². The minimum absolute atomic E-state index is 0.0760. The van der Waals surface area contributed by atoms with Crippen LogP contribution < -0.4 is 5.32 Å². The summed E-state index contributed by atoms with van der Waals surface area (Å²) in [6.45, 7) is 4.47. The van der Waals surface area contributed by atoms with E-state index in [4.69, 9.17) is 5.11 Å². The molecule has 6 heteroatoms. The lowest BCUT2D eigenvalue weighted by molar-refractivity contribution is -0.138. The third-order valence-electron chi connectivity index (χ3n) is 4.41. The number of nitrogens with one attached hydrogen (secondary N) is 1. The Balaban J connectivity index is 2.04. The van der Waals surface area contributed by atoms with E-state index in [2.05, 4.69) is 5.32 Å². The summed E-state index contributed by atoms with van der Waals surface area (Å²) in [5.74, 6) is -1.22. The van der Waals surface area contributed by atoms with Gasteiger partial charge in [0.1, 0.15) is 0 Å². The van der Waals surface area contributed by atoms with Gasteiger partial charge in [-0.3, -0.25) is 14.4 Å². The van der Waals surface area contributed by atoms with Gasteiger partial charge in [0, 0.05) is 24.7 Å². The van der Waals surface area contributed by atoms with Gasteiger partial charge in [-0.1, -0.05) is 18.2 Å². The number of hydrogen-bond donors (Lipinski definition) is 2. The molecule has 2 rings (SSSR count). The summed E-state index contributed by atoms with van der Waals surface area (Å²) in [7, 11) is 0. The summed E-state index contributed by atoms with van der Waals surface area (Å²) in [6.07, 6.45) is 1.31. The van der Waals surface area contributed by atoms with Crippen LogP contribution in [0.25, 0.3) is 0 Å². The molecule has 1 aliphatic heterocycles. The molecule has 0 aromatic heterocycles. The normalized spacial score (nSPS) is 21.8. The number of amides is 2. The van der Waals surface area contributed by atoms with Crippen LogP contribution >= 0.6 is 0 Å². The van der Waals surface area contributed by atoms with Gasteiger partial charge in [0.2, 0.25) is 5.91 Å². The molecule has 1 fully saturated rings. The van der Waals surface area contributed by atoms with Crippen LogP contribution in [0.2, 0.25) is 0 Å². The van der Waals surface area contributed by atoms with E-state index >= 15 is 0 Å². The monoisotopic (exact) mass is 332 g/mol. The van der Waals surface area contributed by atoms with Crippen LogP contribution in [-0.4, -0.2) is 46.9 Å². The Hall–Kier alpha value is -2.37. The second-order valence-corrected chi connectivity index (χ2v) is 6.73. The quantitative estimate of drug-likeness (QED) is 0.862. The van der Waals surface area contributed by atoms with Gasteiger partial charge in [-0.2, -0.15) is 0 Å². The zero-order chi connectivity index (χ0) is 17.7. The number of carbonyl (C=O) groups is 3. The SMILES string of the molecule is CC(CC(=O)O)NC(=O)C1(C)CCCN(C(=O)c2ccccc2)C1. The highest BCUT2D eigenvalue weighted by Crippen LogP contribution is 2.30. The molecule has 1 aliphatic rings. The van der Waals surface area contributed by atoms with Crippen molar-refractivity contribution in [2.45, 2.75) is 39.2 Å². The van der Waals surface area contributed by atoms with Crippen LogP contribution in [0.4, 0.5) is 0 Å². The maximum absolute atomic E-state index is 12.6. The molecule has 1 heterocycles. The molecule has 0 aliphatic carbocycles. The number of hydrogen-bond acceptors (Lipinski definition) is 3. The third kappa shape index (κ3) is 4.34. The van der Waals surface area contributed by atoms with Gasteiger partial charge in [-0.15, -0.1) is 0 Å². The average molecular weight is 332 g/mol. The number of rotatable bonds is 5. The minimum atomic E-state index is -0.947. The Morgan fingerprint density at radius 1 is 1.29 bits per heavy atom. The standard InChI is InChI=1S/C18H24N2O4/c1-13(11-15(21)22)19-17(24)18(2)9-6-10-20(12-18)16(23)14-7-4-3-5-8-14/h3-5,7-8,13H,6,9-12H2,1-2H3,(H,19,24)(H,21,22). The largest absolute Gasteiger partial charge is 0.481 e. The fourth-order valence-electron chi connectivity index (χ4n) is 3.07. The van der Waals surface area contributed by atoms with Gasteiger partial charge < -0.3 is 15.3 Å². The van der Waals surface area contributed by atoms with E-state index in [1.165, 1.54) is 0 Å². The molecule has 1 saturated heterocycles. The fourth-order valence-corrected chi connectivity index (χ4v) is 3.07. The molecule has 1 aromatic rings. The summed E-state index contributed by atoms with van der Waals surface area (Å²) in [5.41, 5.74) is -0.0865. The molecular formula is C18H24N2O4. The highest BCUT2D eigenvalue weighted by Gasteiger charge is 2.39. The zero-order valence-corrected chi connectivity index (χ0v) is 14.1. The summed E-state index contributed by atoms with van der Waals surface area (Å²) >= 11 is 0. The Morgan fingerprint density at radius 2 is 1.96 bits per heavy atom. The van der Waals surface area contributed by atoms with Crippen molar-refractivity contribution in [3.8, 4) is 0 Å². The number of aliphatic carboxylic acids is 1. The van der Waals surface area contributed by atoms with Crippen molar-refractivity contribution < 1.29 is 19.5 Å². The maximum atomic E-state index is 12.6. The number of nitrogens with zero attached hydrogens (tertiary/aromatic N) is 1. The van der Waals surface area contributed by atoms with Gasteiger partial charge in [0.15, 0.2) is 0 Å². The van der Waals surface area contributed by atoms with Crippen LogP contribution in [0, 0.1) is 5.41 Å². The van der Waals surface area contributed by atoms with Gasteiger partial charge in [0.05, 0.1) is 11.8 Å². The van der Waals surface area contributed by atoms with Gasteiger partial charge in [0.25, 0.3) is 5.91 Å². The van der Waals surface area contributed by atoms with Crippen molar-refractivity contribution >= 4 is 17.8 Å². The Kier molecular flexibility index (Phi) is 5.59. The number of likely N-dealkylation sites (tertiary alicyclic amines) is 1. The van der Waals surface area contributed by atoms with Gasteiger partial charge in [-0.05, 0) is 38.8 Å². The van der Waals surface area contributed by atoms with Crippen LogP contribution in [0.3, 0.4) is 0 Å². The lowest BCUT2D eigenvalue weighted by atomic mass is 9.80. The maximum Gasteiger partial charge on any atom is 0.305 e. The first-order valence-corrected chi connectivity index (χ1v) is 8.19. The third-order valence-corrected chi connectivity index (χ3v) is 4.41. The Bertz CT molecular complexity index is 617. The molecule has 6 nitrogen and oxygen atoms in total. The first-order chi connectivity index (χ1) is 11.3. The van der Waals surface area contributed by atoms with E-state index in [1.807, 2.05) is 25.1 Å². The van der Waals surface area contributed by atoms with E-state index in [9.17, 15) is 14.4 Å². The molecule has 0 radical (unpaired) electrons. The molecule has 2 N–H and O–H groups in total. The fraction of sp³-hybridized carbons (Fsp3) is 0.500. The lowest BCUT2D eigenvalue weighted by Crippen LogP contribution is -2.53. The molecular weight excluding hydrogens is 308 g/mol. The van der Waals surface area contributed by atoms with Crippen LogP contribution in [0.15, 0.2) is 30.3 Å². The molecule has 1 aromatic carbocycles. The van der Waals surface area contributed by atoms with Crippen LogP contribution in [0.1, 0.15) is 43.5 Å². The lowest BCUT2D eigenvalue weighted by Gasteiger charge is -2.39. The van der Waals surface area contributed by atoms with E-state index in [0.717, 1.165) is 6.42 Å². The van der Waals surface area contributed by atoms with E-state index < -0.39 is 17.4 Å². The molecule has 0 spiro atoms. The number of benzene rings is 1. The molecule has 2 amide bonds. The predicted octanol–water partition coefficient (Wildman–Crippen LogP) is 1.91. The van der Waals surface area contributed by atoms with E-state index in [1.54, 1.807) is 24.0 Å². The predicted molar refractivity (Wildman–Crippen MR) is 89.5 cm³/mol. The minimum Gasteiger partial charge on any atom is -0.481 e. The van der Waals surface area contributed by atoms with E-state index in [0.29, 0.717) is 25.1 Å². The van der Waals surface area contributed by atoms with E-state index in [-0.39, 0.29) is 18.2 Å². The highest BCUT2D eigenvalue weighted by molar-refractivity contribution is 5.95. The van der Waals surface area contributed by atoms with Crippen molar-refractivity contribution in [3.05, 3.63) is 35.9 Å². The molecule has 2 unspecified atom stereocenters. The highest BCUT2D eigenvalue weighted by atomic mass is 16.4. The Morgan fingerprint density at radius 3 is 2.58 bits per heavy atom. The number of piperidine rings is 1. The topological polar surface area (TPSA) is 86.7 Å². The Labute approximate surface area is 141 Å². The second kappa shape index (κ2) is 7.47. The first kappa shape index (κ1) is 18.0. The van der Waals surface area contributed by atoms with Gasteiger partial charge in [-0.25, -0.2) is 0 Å². The number of carboxylic acids is 1. The smallest absolute Gasteiger partial charge is 0.305 e.